The highest BCUT2D eigenvalue weighted by atomic mass is 16.1. The van der Waals surface area contributed by atoms with Crippen LogP contribution in [0.15, 0.2) is 66.0 Å². The minimum absolute atomic E-state index is 0.108. The molecule has 0 aliphatic carbocycles. The molecule has 1 N–H and O–H groups in total. The number of nitrogens with one attached hydrogen (secondary N) is 1. The third-order valence-corrected chi connectivity index (χ3v) is 5.23. The third-order valence-electron chi connectivity index (χ3n) is 5.23. The van der Waals surface area contributed by atoms with Gasteiger partial charge in [0.2, 0.25) is 5.91 Å². The fraction of sp³-hybridized carbons (Fsp3) is 0.217. The van der Waals surface area contributed by atoms with E-state index in [0.29, 0.717) is 18.6 Å². The number of hydrogen-bond acceptors (Lipinski definition) is 4. The maximum Gasteiger partial charge on any atom is 0.276 e. The van der Waals surface area contributed by atoms with E-state index in [1.54, 1.807) is 39.9 Å². The van der Waals surface area contributed by atoms with Crippen LogP contribution in [0.5, 0.6) is 0 Å². The number of carbonyl (C=O) groups is 1. The van der Waals surface area contributed by atoms with Gasteiger partial charge in [0.05, 0.1) is 5.69 Å². The maximum absolute atomic E-state index is 12.8. The lowest BCUT2D eigenvalue weighted by molar-refractivity contribution is -0.121. The number of aromatic nitrogens is 4. The van der Waals surface area contributed by atoms with Crippen LogP contribution in [0.4, 0.5) is 0 Å². The third kappa shape index (κ3) is 4.15. The van der Waals surface area contributed by atoms with E-state index in [4.69, 9.17) is 0 Å². The maximum atomic E-state index is 12.8. The van der Waals surface area contributed by atoms with Crippen molar-refractivity contribution in [2.45, 2.75) is 33.4 Å². The van der Waals surface area contributed by atoms with Gasteiger partial charge in [-0.15, -0.1) is 0 Å². The highest BCUT2D eigenvalue weighted by Gasteiger charge is 2.11. The first-order valence-electron chi connectivity index (χ1n) is 9.83. The molecule has 0 saturated carbocycles. The molecule has 0 aliphatic heterocycles. The summed E-state index contributed by atoms with van der Waals surface area (Å²) in [4.78, 5) is 29.0. The molecule has 30 heavy (non-hydrogen) atoms. The Kier molecular flexibility index (Phi) is 5.43. The van der Waals surface area contributed by atoms with Gasteiger partial charge in [-0.05, 0) is 54.8 Å². The van der Waals surface area contributed by atoms with Crippen molar-refractivity contribution in [2.24, 2.45) is 0 Å². The highest BCUT2D eigenvalue weighted by molar-refractivity contribution is 5.75. The predicted octanol–water partition coefficient (Wildman–Crippen LogP) is 2.88. The van der Waals surface area contributed by atoms with Crippen LogP contribution >= 0.6 is 0 Å². The summed E-state index contributed by atoms with van der Waals surface area (Å²) >= 11 is 0. The van der Waals surface area contributed by atoms with E-state index in [-0.39, 0.29) is 17.9 Å². The number of pyridine rings is 1. The van der Waals surface area contributed by atoms with Gasteiger partial charge in [-0.1, -0.05) is 12.1 Å². The predicted molar refractivity (Wildman–Crippen MR) is 115 cm³/mol. The van der Waals surface area contributed by atoms with Crippen LogP contribution in [0, 0.1) is 13.8 Å². The average Bonchev–Trinajstić information content (AvgIpc) is 3.20. The number of benzene rings is 1. The minimum atomic E-state index is -0.165. The van der Waals surface area contributed by atoms with Crippen molar-refractivity contribution < 1.29 is 4.79 Å². The Hall–Kier alpha value is -3.74. The van der Waals surface area contributed by atoms with Crippen LogP contribution in [0.1, 0.15) is 23.1 Å². The Labute approximate surface area is 174 Å². The van der Waals surface area contributed by atoms with Crippen LogP contribution < -0.4 is 10.9 Å². The van der Waals surface area contributed by atoms with Gasteiger partial charge in [0, 0.05) is 49.9 Å². The summed E-state index contributed by atoms with van der Waals surface area (Å²) in [6, 6.07) is 11.6. The molecule has 4 aromatic rings. The molecular weight excluding hydrogens is 378 g/mol. The lowest BCUT2D eigenvalue weighted by Crippen LogP contribution is -2.27. The molecule has 4 rings (SSSR count). The molecule has 0 bridgehead atoms. The summed E-state index contributed by atoms with van der Waals surface area (Å²) in [5.74, 6) is -0.108. The molecule has 0 saturated heterocycles. The quantitative estimate of drug-likeness (QED) is 0.539. The molecule has 3 aromatic heterocycles. The smallest absolute Gasteiger partial charge is 0.276 e. The first-order valence-corrected chi connectivity index (χ1v) is 9.83. The Morgan fingerprint density at radius 1 is 1.03 bits per heavy atom. The van der Waals surface area contributed by atoms with Gasteiger partial charge < -0.3 is 9.88 Å². The Bertz CT molecular complexity index is 1260. The lowest BCUT2D eigenvalue weighted by atomic mass is 10.0. The summed E-state index contributed by atoms with van der Waals surface area (Å²) in [6.45, 7) is 4.87. The van der Waals surface area contributed by atoms with E-state index >= 15 is 0 Å². The summed E-state index contributed by atoms with van der Waals surface area (Å²) in [7, 11) is 0. The van der Waals surface area contributed by atoms with E-state index in [1.165, 1.54) is 11.1 Å². The van der Waals surface area contributed by atoms with Crippen molar-refractivity contribution in [2.75, 3.05) is 0 Å². The monoisotopic (exact) mass is 401 g/mol. The van der Waals surface area contributed by atoms with Crippen LogP contribution in [-0.2, 0) is 17.9 Å². The highest BCUT2D eigenvalue weighted by Crippen LogP contribution is 2.21. The number of aryl methyl sites for hydroxylation is 3. The van der Waals surface area contributed by atoms with Gasteiger partial charge in [-0.25, -0.2) is 4.52 Å². The van der Waals surface area contributed by atoms with Crippen molar-refractivity contribution in [1.82, 2.24) is 24.5 Å². The molecule has 0 spiro atoms. The lowest BCUT2D eigenvalue weighted by Gasteiger charge is -2.07. The molecule has 0 aliphatic rings. The Balaban J connectivity index is 1.47. The molecule has 0 atom stereocenters. The SMILES string of the molecule is Cc1ccc(-c2cc3c(=O)n(CCC(=O)NCc4ccncc4)ccn3n2)cc1C. The molecule has 1 amide bonds. The van der Waals surface area contributed by atoms with Gasteiger partial charge in [0.25, 0.3) is 5.56 Å². The molecule has 152 valence electrons. The van der Waals surface area contributed by atoms with Crippen LogP contribution in [0.2, 0.25) is 0 Å². The zero-order valence-electron chi connectivity index (χ0n) is 17.0. The number of nitrogens with zero attached hydrogens (tertiary/aromatic N) is 4. The first kappa shape index (κ1) is 19.6. The molecular formula is C23H23N5O2. The molecule has 3 heterocycles. The van der Waals surface area contributed by atoms with E-state index in [1.807, 2.05) is 18.2 Å². The van der Waals surface area contributed by atoms with Crippen molar-refractivity contribution in [3.8, 4) is 11.3 Å². The number of carbonyl (C=O) groups excluding carboxylic acids is 1. The van der Waals surface area contributed by atoms with Crippen molar-refractivity contribution >= 4 is 11.4 Å². The van der Waals surface area contributed by atoms with Gasteiger partial charge in [-0.2, -0.15) is 5.10 Å². The second kappa shape index (κ2) is 8.32. The number of hydrogen-bond donors (Lipinski definition) is 1. The number of amides is 1. The van der Waals surface area contributed by atoms with E-state index in [9.17, 15) is 9.59 Å². The Morgan fingerprint density at radius 2 is 1.83 bits per heavy atom. The van der Waals surface area contributed by atoms with E-state index in [0.717, 1.165) is 16.8 Å². The van der Waals surface area contributed by atoms with Crippen LogP contribution in [0.25, 0.3) is 16.8 Å². The Morgan fingerprint density at radius 3 is 2.60 bits per heavy atom. The minimum Gasteiger partial charge on any atom is -0.352 e. The molecule has 0 unspecified atom stereocenters. The zero-order valence-corrected chi connectivity index (χ0v) is 17.0. The van der Waals surface area contributed by atoms with Gasteiger partial charge in [0.15, 0.2) is 0 Å². The standard InChI is InChI=1S/C23H23N5O2/c1-16-3-4-19(13-17(16)2)20-14-21-23(30)27(11-12-28(21)26-20)10-7-22(29)25-15-18-5-8-24-9-6-18/h3-6,8-9,11-14H,7,10,15H2,1-2H3,(H,25,29). The van der Waals surface area contributed by atoms with Crippen molar-refractivity contribution in [3.05, 3.63) is 88.2 Å². The summed E-state index contributed by atoms with van der Waals surface area (Å²) in [5, 5.41) is 7.39. The summed E-state index contributed by atoms with van der Waals surface area (Å²) < 4.78 is 3.14. The van der Waals surface area contributed by atoms with Gasteiger partial charge in [0.1, 0.15) is 5.52 Å². The van der Waals surface area contributed by atoms with Crippen LogP contribution in [-0.4, -0.2) is 25.1 Å². The topological polar surface area (TPSA) is 81.3 Å². The second-order valence-corrected chi connectivity index (χ2v) is 7.34. The fourth-order valence-corrected chi connectivity index (χ4v) is 3.26. The van der Waals surface area contributed by atoms with Gasteiger partial charge in [-0.3, -0.25) is 14.6 Å². The molecule has 1 aromatic carbocycles. The fourth-order valence-electron chi connectivity index (χ4n) is 3.26. The second-order valence-electron chi connectivity index (χ2n) is 7.34. The zero-order chi connectivity index (χ0) is 21.1. The number of fused-ring (bicyclic) bond motifs is 1. The normalized spacial score (nSPS) is 11.0. The molecule has 0 fully saturated rings. The van der Waals surface area contributed by atoms with E-state index < -0.39 is 0 Å². The van der Waals surface area contributed by atoms with Crippen molar-refractivity contribution in [1.29, 1.82) is 0 Å². The van der Waals surface area contributed by atoms with Crippen molar-refractivity contribution in [3.63, 3.8) is 0 Å². The van der Waals surface area contributed by atoms with E-state index in [2.05, 4.69) is 41.4 Å². The molecule has 0 radical (unpaired) electrons. The summed E-state index contributed by atoms with van der Waals surface area (Å²) in [6.07, 6.45) is 7.01. The summed E-state index contributed by atoms with van der Waals surface area (Å²) in [5.41, 5.74) is 5.43. The molecule has 7 nitrogen and oxygen atoms in total. The first-order chi connectivity index (χ1) is 14.5. The van der Waals surface area contributed by atoms with Crippen LogP contribution in [0.3, 0.4) is 0 Å². The average molecular weight is 401 g/mol. The van der Waals surface area contributed by atoms with Gasteiger partial charge >= 0.3 is 0 Å². The number of rotatable bonds is 6. The largest absolute Gasteiger partial charge is 0.352 e. The molecule has 7 heteroatoms.